The number of rotatable bonds is 7. The number of ether oxygens (including phenoxy) is 2. The van der Waals surface area contributed by atoms with Gasteiger partial charge in [-0.15, -0.1) is 0 Å². The Kier molecular flexibility index (Phi) is 6.65. The van der Waals surface area contributed by atoms with Crippen LogP contribution in [0.3, 0.4) is 0 Å². The summed E-state index contributed by atoms with van der Waals surface area (Å²) in [6.07, 6.45) is 5.48. The zero-order chi connectivity index (χ0) is 18.0. The average molecular weight is 352 g/mol. The molecular formula is C21H24N2O3. The van der Waals surface area contributed by atoms with E-state index in [9.17, 15) is 4.79 Å². The van der Waals surface area contributed by atoms with Crippen molar-refractivity contribution in [2.45, 2.75) is 32.1 Å². The zero-order valence-electron chi connectivity index (χ0n) is 14.8. The van der Waals surface area contributed by atoms with Gasteiger partial charge in [-0.05, 0) is 49.9 Å². The first-order chi connectivity index (χ1) is 12.8. The predicted octanol–water partition coefficient (Wildman–Crippen LogP) is 4.19. The molecule has 0 bridgehead atoms. The number of nitrogens with one attached hydrogen (secondary N) is 1. The quantitative estimate of drug-likeness (QED) is 0.600. The van der Waals surface area contributed by atoms with Crippen molar-refractivity contribution in [1.29, 1.82) is 0 Å². The lowest BCUT2D eigenvalue weighted by atomic mass is 9.99. The van der Waals surface area contributed by atoms with E-state index in [1.807, 2.05) is 42.5 Å². The van der Waals surface area contributed by atoms with Crippen LogP contribution in [0.4, 0.5) is 0 Å². The van der Waals surface area contributed by atoms with Crippen LogP contribution >= 0.6 is 0 Å². The van der Waals surface area contributed by atoms with Gasteiger partial charge in [0, 0.05) is 5.71 Å². The summed E-state index contributed by atoms with van der Waals surface area (Å²) in [4.78, 5) is 12.4. The number of amides is 1. The molecule has 0 heterocycles. The van der Waals surface area contributed by atoms with Crippen molar-refractivity contribution in [3.63, 3.8) is 0 Å². The van der Waals surface area contributed by atoms with Crippen molar-refractivity contribution >= 4 is 11.6 Å². The first-order valence-electron chi connectivity index (χ1n) is 9.08. The zero-order valence-corrected chi connectivity index (χ0v) is 14.8. The fourth-order valence-corrected chi connectivity index (χ4v) is 2.87. The Hall–Kier alpha value is -2.82. The third-order valence-corrected chi connectivity index (χ3v) is 4.23. The molecule has 1 aliphatic carbocycles. The van der Waals surface area contributed by atoms with Crippen molar-refractivity contribution in [1.82, 2.24) is 5.43 Å². The van der Waals surface area contributed by atoms with Gasteiger partial charge in [-0.1, -0.05) is 36.8 Å². The summed E-state index contributed by atoms with van der Waals surface area (Å²) in [5.41, 5.74) is 4.21. The molecule has 0 atom stereocenters. The van der Waals surface area contributed by atoms with Gasteiger partial charge < -0.3 is 9.47 Å². The molecule has 5 nitrogen and oxygen atoms in total. The SMILES string of the molecule is O=C(NN=C1CCCCC1)c1ccccc1OCCOc1ccccc1. The van der Waals surface area contributed by atoms with Gasteiger partial charge in [0.25, 0.3) is 5.91 Å². The Bertz CT molecular complexity index is 736. The second kappa shape index (κ2) is 9.61. The number of hydrogen-bond donors (Lipinski definition) is 1. The molecule has 1 fully saturated rings. The maximum Gasteiger partial charge on any atom is 0.275 e. The number of carbonyl (C=O) groups excluding carboxylic acids is 1. The number of hydrazone groups is 1. The van der Waals surface area contributed by atoms with Crippen LogP contribution in [0.25, 0.3) is 0 Å². The van der Waals surface area contributed by atoms with Crippen LogP contribution in [-0.4, -0.2) is 24.8 Å². The van der Waals surface area contributed by atoms with Gasteiger partial charge in [-0.2, -0.15) is 5.10 Å². The van der Waals surface area contributed by atoms with Gasteiger partial charge in [0.15, 0.2) is 0 Å². The van der Waals surface area contributed by atoms with E-state index in [-0.39, 0.29) is 5.91 Å². The molecule has 0 aromatic heterocycles. The summed E-state index contributed by atoms with van der Waals surface area (Å²) in [5.74, 6) is 1.08. The Balaban J connectivity index is 1.52. The smallest absolute Gasteiger partial charge is 0.275 e. The summed E-state index contributed by atoms with van der Waals surface area (Å²) >= 11 is 0. The normalized spacial score (nSPS) is 13.8. The maximum atomic E-state index is 12.4. The standard InChI is InChI=1S/C21H24N2O3/c24-21(23-22-17-9-3-1-4-10-17)19-13-7-8-14-20(19)26-16-15-25-18-11-5-2-6-12-18/h2,5-8,11-14H,1,3-4,9-10,15-16H2,(H,23,24). The lowest BCUT2D eigenvalue weighted by molar-refractivity contribution is 0.0949. The van der Waals surface area contributed by atoms with E-state index in [0.29, 0.717) is 24.5 Å². The van der Waals surface area contributed by atoms with Crippen molar-refractivity contribution in [3.8, 4) is 11.5 Å². The van der Waals surface area contributed by atoms with Gasteiger partial charge in [-0.3, -0.25) is 4.79 Å². The van der Waals surface area contributed by atoms with Crippen LogP contribution in [0.2, 0.25) is 0 Å². The van der Waals surface area contributed by atoms with E-state index in [0.717, 1.165) is 37.1 Å². The molecule has 5 heteroatoms. The number of carbonyl (C=O) groups is 1. The van der Waals surface area contributed by atoms with Crippen LogP contribution in [0.5, 0.6) is 11.5 Å². The Morgan fingerprint density at radius 2 is 1.58 bits per heavy atom. The minimum absolute atomic E-state index is 0.248. The fourth-order valence-electron chi connectivity index (χ4n) is 2.87. The number of nitrogens with zero attached hydrogens (tertiary/aromatic N) is 1. The molecular weight excluding hydrogens is 328 g/mol. The molecule has 136 valence electrons. The molecule has 2 aromatic carbocycles. The highest BCUT2D eigenvalue weighted by atomic mass is 16.5. The molecule has 0 saturated heterocycles. The fraction of sp³-hybridized carbons (Fsp3) is 0.333. The molecule has 3 rings (SSSR count). The Morgan fingerprint density at radius 3 is 2.38 bits per heavy atom. The Morgan fingerprint density at radius 1 is 0.885 bits per heavy atom. The Labute approximate surface area is 154 Å². The molecule has 1 aliphatic rings. The van der Waals surface area contributed by atoms with E-state index >= 15 is 0 Å². The first kappa shape index (κ1) is 18.0. The monoisotopic (exact) mass is 352 g/mol. The van der Waals surface area contributed by atoms with Crippen LogP contribution in [-0.2, 0) is 0 Å². The van der Waals surface area contributed by atoms with Gasteiger partial charge in [0.05, 0.1) is 5.56 Å². The summed E-state index contributed by atoms with van der Waals surface area (Å²) in [7, 11) is 0. The average Bonchev–Trinajstić information content (AvgIpc) is 2.71. The molecule has 2 aromatic rings. The topological polar surface area (TPSA) is 59.9 Å². The van der Waals surface area contributed by atoms with E-state index in [1.165, 1.54) is 6.42 Å². The second-order valence-electron chi connectivity index (χ2n) is 6.19. The minimum Gasteiger partial charge on any atom is -0.490 e. The largest absolute Gasteiger partial charge is 0.490 e. The summed E-state index contributed by atoms with van der Waals surface area (Å²) < 4.78 is 11.3. The third-order valence-electron chi connectivity index (χ3n) is 4.23. The molecule has 0 aliphatic heterocycles. The van der Waals surface area contributed by atoms with Gasteiger partial charge in [-0.25, -0.2) is 5.43 Å². The second-order valence-corrected chi connectivity index (χ2v) is 6.19. The van der Waals surface area contributed by atoms with E-state index in [1.54, 1.807) is 12.1 Å². The van der Waals surface area contributed by atoms with Crippen molar-refractivity contribution in [2.75, 3.05) is 13.2 Å². The third kappa shape index (κ3) is 5.34. The maximum absolute atomic E-state index is 12.4. The lowest BCUT2D eigenvalue weighted by Gasteiger charge is -2.13. The van der Waals surface area contributed by atoms with Crippen molar-refractivity contribution in [2.24, 2.45) is 5.10 Å². The first-order valence-corrected chi connectivity index (χ1v) is 9.08. The highest BCUT2D eigenvalue weighted by Crippen LogP contribution is 2.19. The number of benzene rings is 2. The highest BCUT2D eigenvalue weighted by Gasteiger charge is 2.13. The minimum atomic E-state index is -0.248. The predicted molar refractivity (Wildman–Crippen MR) is 102 cm³/mol. The van der Waals surface area contributed by atoms with Crippen LogP contribution in [0.15, 0.2) is 59.7 Å². The summed E-state index contributed by atoms with van der Waals surface area (Å²) in [6, 6.07) is 16.8. The van der Waals surface area contributed by atoms with E-state index in [2.05, 4.69) is 10.5 Å². The van der Waals surface area contributed by atoms with Crippen molar-refractivity contribution in [3.05, 3.63) is 60.2 Å². The van der Waals surface area contributed by atoms with E-state index < -0.39 is 0 Å². The van der Waals surface area contributed by atoms with Crippen LogP contribution in [0.1, 0.15) is 42.5 Å². The van der Waals surface area contributed by atoms with Gasteiger partial charge >= 0.3 is 0 Å². The molecule has 1 N–H and O–H groups in total. The molecule has 0 spiro atoms. The summed E-state index contributed by atoms with van der Waals surface area (Å²) in [6.45, 7) is 0.760. The van der Waals surface area contributed by atoms with Crippen LogP contribution < -0.4 is 14.9 Å². The molecule has 0 radical (unpaired) electrons. The number of hydrogen-bond acceptors (Lipinski definition) is 4. The molecule has 0 unspecified atom stereocenters. The highest BCUT2D eigenvalue weighted by molar-refractivity contribution is 5.97. The lowest BCUT2D eigenvalue weighted by Crippen LogP contribution is -2.22. The molecule has 1 amide bonds. The number of para-hydroxylation sites is 2. The van der Waals surface area contributed by atoms with Gasteiger partial charge in [0.2, 0.25) is 0 Å². The molecule has 1 saturated carbocycles. The van der Waals surface area contributed by atoms with Crippen LogP contribution in [0, 0.1) is 0 Å². The van der Waals surface area contributed by atoms with Crippen molar-refractivity contribution < 1.29 is 14.3 Å². The van der Waals surface area contributed by atoms with Gasteiger partial charge in [0.1, 0.15) is 24.7 Å². The van der Waals surface area contributed by atoms with E-state index in [4.69, 9.17) is 9.47 Å². The molecule has 26 heavy (non-hydrogen) atoms. The summed E-state index contributed by atoms with van der Waals surface area (Å²) in [5, 5.41) is 4.27.